The molecule has 0 unspecified atom stereocenters. The van der Waals surface area contributed by atoms with Gasteiger partial charge in [0.2, 0.25) is 0 Å². The van der Waals surface area contributed by atoms with E-state index in [2.05, 4.69) is 44.7 Å². The highest BCUT2D eigenvalue weighted by molar-refractivity contribution is 5.09. The minimum absolute atomic E-state index is 0.214. The lowest BCUT2D eigenvalue weighted by molar-refractivity contribution is -0.255. The Morgan fingerprint density at radius 1 is 1.14 bits per heavy atom. The Kier molecular flexibility index (Phi) is 3.21. The lowest BCUT2D eigenvalue weighted by Gasteiger charge is -2.56. The summed E-state index contributed by atoms with van der Waals surface area (Å²) in [7, 11) is 2.08. The van der Waals surface area contributed by atoms with Crippen molar-refractivity contribution in [1.82, 2.24) is 9.96 Å². The molecule has 0 N–H and O–H groups in total. The molecule has 4 heteroatoms. The highest BCUT2D eigenvalue weighted by atomic mass is 16.7. The van der Waals surface area contributed by atoms with Gasteiger partial charge in [0, 0.05) is 31.0 Å². The maximum Gasteiger partial charge on any atom is 0.129 e. The van der Waals surface area contributed by atoms with Crippen LogP contribution in [-0.2, 0) is 9.57 Å². The number of hydrogen-bond donors (Lipinski definition) is 0. The molecule has 0 aromatic carbocycles. The Hall–Kier alpha value is -0.160. The van der Waals surface area contributed by atoms with Crippen LogP contribution < -0.4 is 0 Å². The number of nitrogens with zero attached hydrogens (tertiary/aromatic N) is 2. The van der Waals surface area contributed by atoms with Crippen LogP contribution in [0, 0.1) is 17.8 Å². The third kappa shape index (κ3) is 1.95. The van der Waals surface area contributed by atoms with Gasteiger partial charge in [-0.2, -0.15) is 5.06 Å². The van der Waals surface area contributed by atoms with Crippen molar-refractivity contribution in [3.63, 3.8) is 0 Å². The van der Waals surface area contributed by atoms with E-state index in [9.17, 15) is 0 Å². The molecule has 4 aliphatic rings. The highest BCUT2D eigenvalue weighted by Crippen LogP contribution is 2.51. The van der Waals surface area contributed by atoms with Gasteiger partial charge in [0.05, 0.1) is 18.2 Å². The predicted molar refractivity (Wildman–Crippen MR) is 81.5 cm³/mol. The third-order valence-electron chi connectivity index (χ3n) is 6.82. The van der Waals surface area contributed by atoms with Gasteiger partial charge < -0.3 is 4.74 Å². The molecule has 21 heavy (non-hydrogen) atoms. The minimum atomic E-state index is 0.214. The maximum atomic E-state index is 6.66. The zero-order chi connectivity index (χ0) is 14.9. The first-order valence-electron chi connectivity index (χ1n) is 8.71. The van der Waals surface area contributed by atoms with Gasteiger partial charge in [0.15, 0.2) is 0 Å². The molecule has 120 valence electrons. The number of likely N-dealkylation sites (N-methyl/N-ethyl adjacent to an activating group) is 1. The molecule has 1 aliphatic carbocycles. The molecule has 4 rings (SSSR count). The summed E-state index contributed by atoms with van der Waals surface area (Å²) in [5, 5.41) is 2.07. The molecule has 0 amide bonds. The average molecular weight is 294 g/mol. The monoisotopic (exact) mass is 294 g/mol. The van der Waals surface area contributed by atoms with Crippen LogP contribution >= 0.6 is 0 Å². The summed E-state index contributed by atoms with van der Waals surface area (Å²) in [6.45, 7) is 10.6. The van der Waals surface area contributed by atoms with Crippen LogP contribution in [0.15, 0.2) is 0 Å². The SMILES string of the molecule is C[C@@H]1CC[C@@H]2[C@@H](C1)O[C@H]1[C@H]3[C@@H](CN1C2(C)C)[C@H](C)ON3C. The van der Waals surface area contributed by atoms with Crippen molar-refractivity contribution in [2.75, 3.05) is 13.6 Å². The second kappa shape index (κ2) is 4.67. The second-order valence-electron chi connectivity index (χ2n) is 8.41. The fourth-order valence-corrected chi connectivity index (χ4v) is 5.52. The first-order chi connectivity index (χ1) is 9.89. The van der Waals surface area contributed by atoms with Crippen LogP contribution in [0.25, 0.3) is 0 Å². The third-order valence-corrected chi connectivity index (χ3v) is 6.82. The largest absolute Gasteiger partial charge is 0.358 e. The molecule has 3 saturated heterocycles. The molecule has 3 aliphatic heterocycles. The van der Waals surface area contributed by atoms with Gasteiger partial charge in [-0.25, -0.2) is 0 Å². The molecule has 4 fully saturated rings. The molecule has 0 aromatic heterocycles. The first kappa shape index (κ1) is 14.4. The van der Waals surface area contributed by atoms with Crippen LogP contribution in [0.2, 0.25) is 0 Å². The van der Waals surface area contributed by atoms with Gasteiger partial charge >= 0.3 is 0 Å². The lowest BCUT2D eigenvalue weighted by Crippen LogP contribution is -2.65. The molecular weight excluding hydrogens is 264 g/mol. The number of hydrogen-bond acceptors (Lipinski definition) is 4. The van der Waals surface area contributed by atoms with E-state index in [4.69, 9.17) is 9.57 Å². The number of fused-ring (bicyclic) bond motifs is 4. The van der Waals surface area contributed by atoms with E-state index < -0.39 is 0 Å². The van der Waals surface area contributed by atoms with E-state index in [-0.39, 0.29) is 11.8 Å². The van der Waals surface area contributed by atoms with Crippen molar-refractivity contribution in [3.8, 4) is 0 Å². The Bertz CT molecular complexity index is 427. The van der Waals surface area contributed by atoms with Gasteiger partial charge in [-0.1, -0.05) is 13.3 Å². The van der Waals surface area contributed by atoms with Crippen LogP contribution in [-0.4, -0.2) is 53.6 Å². The van der Waals surface area contributed by atoms with E-state index in [0.717, 1.165) is 12.5 Å². The summed E-state index contributed by atoms with van der Waals surface area (Å²) in [4.78, 5) is 8.58. The van der Waals surface area contributed by atoms with Crippen molar-refractivity contribution < 1.29 is 9.57 Å². The molecule has 7 atom stereocenters. The summed E-state index contributed by atoms with van der Waals surface area (Å²) in [5.74, 6) is 2.07. The van der Waals surface area contributed by atoms with Gasteiger partial charge in [-0.3, -0.25) is 9.74 Å². The Morgan fingerprint density at radius 2 is 1.90 bits per heavy atom. The summed E-state index contributed by atoms with van der Waals surface area (Å²) in [6, 6.07) is 0.400. The van der Waals surface area contributed by atoms with Crippen LogP contribution in [0.5, 0.6) is 0 Å². The molecule has 0 aromatic rings. The fraction of sp³-hybridized carbons (Fsp3) is 1.00. The second-order valence-corrected chi connectivity index (χ2v) is 8.41. The number of ether oxygens (including phenoxy) is 1. The summed E-state index contributed by atoms with van der Waals surface area (Å²) in [6.07, 6.45) is 4.87. The molecular formula is C17H30N2O2. The predicted octanol–water partition coefficient (Wildman–Crippen LogP) is 2.49. The zero-order valence-corrected chi connectivity index (χ0v) is 14.1. The molecule has 0 spiro atoms. The van der Waals surface area contributed by atoms with Crippen LogP contribution in [0.1, 0.15) is 47.0 Å². The van der Waals surface area contributed by atoms with Crippen molar-refractivity contribution in [1.29, 1.82) is 0 Å². The van der Waals surface area contributed by atoms with E-state index in [1.54, 1.807) is 0 Å². The standard InChI is InChI=1S/C17H30N2O2/c1-10-6-7-13-14(8-10)20-16-15-12(11(2)21-18(15)5)9-19(16)17(13,3)4/h10-16H,6-9H2,1-5H3/t10-,11+,12+,13-,14-,15-,16+/m1/s1. The summed E-state index contributed by atoms with van der Waals surface area (Å²) in [5.41, 5.74) is 0.249. The van der Waals surface area contributed by atoms with E-state index in [1.807, 2.05) is 0 Å². The van der Waals surface area contributed by atoms with Gasteiger partial charge in [0.1, 0.15) is 6.23 Å². The van der Waals surface area contributed by atoms with Crippen molar-refractivity contribution in [2.45, 2.75) is 77.0 Å². The maximum absolute atomic E-state index is 6.66. The normalized spacial score (nSPS) is 53.3. The van der Waals surface area contributed by atoms with E-state index in [1.165, 1.54) is 19.3 Å². The van der Waals surface area contributed by atoms with Gasteiger partial charge in [-0.05, 0) is 39.5 Å². The Balaban J connectivity index is 1.65. The van der Waals surface area contributed by atoms with E-state index in [0.29, 0.717) is 30.1 Å². The molecule has 3 heterocycles. The van der Waals surface area contributed by atoms with Crippen LogP contribution in [0.3, 0.4) is 0 Å². The quantitative estimate of drug-likeness (QED) is 0.685. The van der Waals surface area contributed by atoms with Crippen molar-refractivity contribution in [2.24, 2.45) is 17.8 Å². The Labute approximate surface area is 128 Å². The number of hydroxylamine groups is 2. The smallest absolute Gasteiger partial charge is 0.129 e. The highest BCUT2D eigenvalue weighted by Gasteiger charge is 2.61. The molecule has 1 saturated carbocycles. The zero-order valence-electron chi connectivity index (χ0n) is 14.1. The lowest BCUT2D eigenvalue weighted by atomic mass is 9.70. The number of rotatable bonds is 0. The fourth-order valence-electron chi connectivity index (χ4n) is 5.52. The molecule has 0 bridgehead atoms. The van der Waals surface area contributed by atoms with Crippen molar-refractivity contribution >= 4 is 0 Å². The Morgan fingerprint density at radius 3 is 2.67 bits per heavy atom. The van der Waals surface area contributed by atoms with Crippen molar-refractivity contribution in [3.05, 3.63) is 0 Å². The topological polar surface area (TPSA) is 24.9 Å². The molecule has 4 nitrogen and oxygen atoms in total. The van der Waals surface area contributed by atoms with E-state index >= 15 is 0 Å². The van der Waals surface area contributed by atoms with Gasteiger partial charge in [0.25, 0.3) is 0 Å². The summed E-state index contributed by atoms with van der Waals surface area (Å²) < 4.78 is 6.66. The molecule has 0 radical (unpaired) electrons. The van der Waals surface area contributed by atoms with Gasteiger partial charge in [-0.15, -0.1) is 0 Å². The average Bonchev–Trinajstić information content (AvgIpc) is 2.90. The summed E-state index contributed by atoms with van der Waals surface area (Å²) >= 11 is 0. The van der Waals surface area contributed by atoms with Crippen LogP contribution in [0.4, 0.5) is 0 Å². The minimum Gasteiger partial charge on any atom is -0.358 e. The first-order valence-corrected chi connectivity index (χ1v) is 8.71.